The Labute approximate surface area is 243 Å². The van der Waals surface area contributed by atoms with Gasteiger partial charge in [0.1, 0.15) is 18.7 Å². The van der Waals surface area contributed by atoms with Gasteiger partial charge in [-0.2, -0.15) is 0 Å². The fourth-order valence-corrected chi connectivity index (χ4v) is 3.97. The van der Waals surface area contributed by atoms with E-state index < -0.39 is 53.6 Å². The number of amides is 7. The summed E-state index contributed by atoms with van der Waals surface area (Å²) >= 11 is 0. The molecule has 2 atom stereocenters. The number of hydrogen-bond donors (Lipinski definition) is 5. The van der Waals surface area contributed by atoms with Crippen LogP contribution in [0.5, 0.6) is 0 Å². The van der Waals surface area contributed by atoms with Crippen molar-refractivity contribution in [1.29, 1.82) is 0 Å². The predicted molar refractivity (Wildman–Crippen MR) is 151 cm³/mol. The molecule has 0 saturated carbocycles. The Hall–Kier alpha value is -4.75. The van der Waals surface area contributed by atoms with Gasteiger partial charge < -0.3 is 31.7 Å². The highest BCUT2D eigenvalue weighted by molar-refractivity contribution is 6.13. The maximum atomic E-state index is 13.3. The molecule has 0 bridgehead atoms. The van der Waals surface area contributed by atoms with E-state index in [2.05, 4.69) is 21.3 Å². The maximum absolute atomic E-state index is 13.3. The molecule has 6 N–H and O–H groups in total. The molecule has 0 saturated heterocycles. The van der Waals surface area contributed by atoms with E-state index in [9.17, 15) is 33.6 Å². The summed E-state index contributed by atoms with van der Waals surface area (Å²) in [6, 6.07) is 3.92. The number of ether oxygens (including phenoxy) is 1. The fraction of sp³-hybridized carbons (Fsp3) is 0.464. The number of nitrogens with one attached hydrogen (secondary N) is 4. The second-order valence-electron chi connectivity index (χ2n) is 9.63. The number of rotatable bonds is 17. The van der Waals surface area contributed by atoms with Gasteiger partial charge in [0, 0.05) is 44.3 Å². The highest BCUT2D eigenvalue weighted by Crippen LogP contribution is 2.13. The number of carbonyl (C=O) groups is 7. The molecule has 1 aromatic carbocycles. The van der Waals surface area contributed by atoms with Crippen LogP contribution in [0.1, 0.15) is 57.9 Å². The molecule has 0 aliphatic carbocycles. The van der Waals surface area contributed by atoms with E-state index in [1.807, 2.05) is 6.92 Å². The minimum atomic E-state index is -1.01. The van der Waals surface area contributed by atoms with Crippen LogP contribution in [0.4, 0.5) is 10.5 Å². The van der Waals surface area contributed by atoms with Crippen LogP contribution in [-0.4, -0.2) is 71.6 Å². The number of hydrogen-bond acceptors (Lipinski definition) is 8. The van der Waals surface area contributed by atoms with Gasteiger partial charge in [-0.15, -0.1) is 0 Å². The first kappa shape index (κ1) is 33.5. The predicted octanol–water partition coefficient (Wildman–Crippen LogP) is 0.612. The summed E-state index contributed by atoms with van der Waals surface area (Å²) in [4.78, 5) is 85.5. The Morgan fingerprint density at radius 1 is 0.905 bits per heavy atom. The van der Waals surface area contributed by atoms with E-state index in [1.165, 1.54) is 6.92 Å². The average Bonchev–Trinajstić information content (AvgIpc) is 3.27. The zero-order valence-corrected chi connectivity index (χ0v) is 23.8. The molecular formula is C28H38N6O8. The first-order chi connectivity index (χ1) is 20.0. The highest BCUT2D eigenvalue weighted by atomic mass is 16.5. The summed E-state index contributed by atoms with van der Waals surface area (Å²) in [5.41, 5.74) is 6.26. The molecule has 14 nitrogen and oxygen atoms in total. The summed E-state index contributed by atoms with van der Waals surface area (Å²) in [6.45, 7) is 3.36. The van der Waals surface area contributed by atoms with Gasteiger partial charge in [-0.05, 0) is 37.0 Å². The Morgan fingerprint density at radius 3 is 2.12 bits per heavy atom. The second kappa shape index (κ2) is 17.1. The van der Waals surface area contributed by atoms with Crippen LogP contribution < -0.4 is 27.0 Å². The number of carbonyl (C=O) groups excluding carboxylic acids is 7. The number of urea groups is 1. The second-order valence-corrected chi connectivity index (χ2v) is 9.63. The molecule has 42 heavy (non-hydrogen) atoms. The number of unbranched alkanes of at least 4 members (excludes halogenated alkanes) is 1. The number of nitrogens with two attached hydrogens (primary N) is 1. The van der Waals surface area contributed by atoms with Crippen LogP contribution >= 0.6 is 0 Å². The van der Waals surface area contributed by atoms with Gasteiger partial charge in [0.05, 0.1) is 0 Å². The lowest BCUT2D eigenvalue weighted by Crippen LogP contribution is -2.53. The quantitative estimate of drug-likeness (QED) is 0.0991. The van der Waals surface area contributed by atoms with E-state index in [0.717, 1.165) is 29.0 Å². The van der Waals surface area contributed by atoms with E-state index >= 15 is 0 Å². The lowest BCUT2D eigenvalue weighted by Gasteiger charge is -2.24. The first-order valence-corrected chi connectivity index (χ1v) is 13.7. The van der Waals surface area contributed by atoms with Crippen molar-refractivity contribution >= 4 is 47.2 Å². The summed E-state index contributed by atoms with van der Waals surface area (Å²) < 4.78 is 4.95. The van der Waals surface area contributed by atoms with Crippen LogP contribution in [0.25, 0.3) is 0 Å². The third kappa shape index (κ3) is 11.8. The molecule has 0 unspecified atom stereocenters. The van der Waals surface area contributed by atoms with E-state index in [4.69, 9.17) is 10.5 Å². The molecule has 0 aromatic heterocycles. The molecule has 1 aliphatic rings. The smallest absolute Gasteiger partial charge is 0.312 e. The van der Waals surface area contributed by atoms with Crippen molar-refractivity contribution in [3.8, 4) is 0 Å². The van der Waals surface area contributed by atoms with Crippen LogP contribution in [0, 0.1) is 0 Å². The average molecular weight is 587 g/mol. The molecule has 1 heterocycles. The number of esters is 1. The Morgan fingerprint density at radius 2 is 1.52 bits per heavy atom. The Balaban J connectivity index is 2.06. The van der Waals surface area contributed by atoms with Gasteiger partial charge in [-0.3, -0.25) is 33.7 Å². The van der Waals surface area contributed by atoms with Crippen molar-refractivity contribution in [1.82, 2.24) is 20.9 Å². The summed E-state index contributed by atoms with van der Waals surface area (Å²) in [7, 11) is 0. The van der Waals surface area contributed by atoms with Crippen molar-refractivity contribution in [3.05, 3.63) is 42.0 Å². The summed E-state index contributed by atoms with van der Waals surface area (Å²) in [5, 5.41) is 10.5. The third-order valence-corrected chi connectivity index (χ3v) is 6.23. The van der Waals surface area contributed by atoms with E-state index in [-0.39, 0.29) is 32.5 Å². The minimum absolute atomic E-state index is 0.0848. The van der Waals surface area contributed by atoms with Crippen LogP contribution in [0.15, 0.2) is 36.4 Å². The monoisotopic (exact) mass is 586 g/mol. The number of anilines is 1. The largest absolute Gasteiger partial charge is 0.461 e. The van der Waals surface area contributed by atoms with Crippen LogP contribution in [0.2, 0.25) is 0 Å². The zero-order valence-electron chi connectivity index (χ0n) is 23.8. The van der Waals surface area contributed by atoms with Crippen molar-refractivity contribution < 1.29 is 38.3 Å². The van der Waals surface area contributed by atoms with Crippen LogP contribution in [-0.2, 0) is 40.1 Å². The fourth-order valence-electron chi connectivity index (χ4n) is 3.97. The lowest BCUT2D eigenvalue weighted by molar-refractivity contribution is -0.142. The van der Waals surface area contributed by atoms with Crippen molar-refractivity contribution in [2.24, 2.45) is 5.73 Å². The highest BCUT2D eigenvalue weighted by Gasteiger charge is 2.28. The zero-order chi connectivity index (χ0) is 31.1. The van der Waals surface area contributed by atoms with Gasteiger partial charge >= 0.3 is 12.0 Å². The SMILES string of the molecule is CCCC[C@H](NC(=O)CCN1C(=O)C=CC1=O)C(=O)N[C@@H](CCCNC(N)=O)C(=O)Nc1ccc(COC(C)=O)cc1. The van der Waals surface area contributed by atoms with Crippen molar-refractivity contribution in [2.75, 3.05) is 18.4 Å². The van der Waals surface area contributed by atoms with Gasteiger partial charge in [0.2, 0.25) is 17.7 Å². The van der Waals surface area contributed by atoms with Gasteiger partial charge in [0.15, 0.2) is 0 Å². The van der Waals surface area contributed by atoms with Crippen molar-refractivity contribution in [3.63, 3.8) is 0 Å². The molecule has 7 amide bonds. The van der Waals surface area contributed by atoms with Gasteiger partial charge in [-0.25, -0.2) is 4.79 Å². The van der Waals surface area contributed by atoms with Gasteiger partial charge in [-0.1, -0.05) is 31.9 Å². The molecule has 0 spiro atoms. The molecule has 0 radical (unpaired) electrons. The maximum Gasteiger partial charge on any atom is 0.312 e. The standard InChI is InChI=1S/C28H38N6O8/c1-3-4-6-21(32-23(36)14-16-34-24(37)12-13-25(34)38)27(40)33-22(7-5-15-30-28(29)41)26(39)31-20-10-8-19(9-11-20)17-42-18(2)35/h8-13,21-22H,3-7,14-17H2,1-2H3,(H,31,39)(H,32,36)(H,33,40)(H3,29,30,41)/t21-,22-/m0/s1. The van der Waals surface area contributed by atoms with E-state index in [1.54, 1.807) is 24.3 Å². The molecule has 2 rings (SSSR count). The molecule has 228 valence electrons. The third-order valence-electron chi connectivity index (χ3n) is 6.23. The van der Waals surface area contributed by atoms with Crippen LogP contribution in [0.3, 0.4) is 0 Å². The summed E-state index contributed by atoms with van der Waals surface area (Å²) in [6.07, 6.45) is 4.20. The van der Waals surface area contributed by atoms with Gasteiger partial charge in [0.25, 0.3) is 11.8 Å². The van der Waals surface area contributed by atoms with Crippen molar-refractivity contribution in [2.45, 2.75) is 71.1 Å². The Bertz CT molecular complexity index is 1170. The van der Waals surface area contributed by atoms with E-state index in [0.29, 0.717) is 24.9 Å². The molecule has 0 fully saturated rings. The molecule has 14 heteroatoms. The lowest BCUT2D eigenvalue weighted by atomic mass is 10.1. The number of benzene rings is 1. The molecule has 1 aliphatic heterocycles. The number of primary amides is 1. The normalized spacial score (nSPS) is 13.7. The molecular weight excluding hydrogens is 548 g/mol. The molecule has 1 aromatic rings. The first-order valence-electron chi connectivity index (χ1n) is 13.7. The number of nitrogens with zero attached hydrogens (tertiary/aromatic N) is 1. The minimum Gasteiger partial charge on any atom is -0.461 e. The number of imide groups is 1. The topological polar surface area (TPSA) is 206 Å². The Kier molecular flexibility index (Phi) is 13.7. The summed E-state index contributed by atoms with van der Waals surface area (Å²) in [5.74, 6) is -3.06.